The lowest BCUT2D eigenvalue weighted by atomic mass is 10.2. The molecule has 2 aromatic carbocycles. The van der Waals surface area contributed by atoms with E-state index in [1.165, 1.54) is 0 Å². The summed E-state index contributed by atoms with van der Waals surface area (Å²) in [5, 5.41) is 8.26. The normalized spacial score (nSPS) is 12.7. The van der Waals surface area contributed by atoms with E-state index in [1.807, 2.05) is 55.5 Å². The average Bonchev–Trinajstić information content (AvgIpc) is 3.23. The van der Waals surface area contributed by atoms with Gasteiger partial charge >= 0.3 is 0 Å². The fraction of sp³-hybridized carbons (Fsp3) is 0.200. The third kappa shape index (κ3) is 3.96. The number of fused-ring (bicyclic) bond motifs is 1. The Bertz CT molecular complexity index is 1000. The zero-order valence-electron chi connectivity index (χ0n) is 14.7. The number of aromatic nitrogens is 2. The van der Waals surface area contributed by atoms with Gasteiger partial charge in [-0.3, -0.25) is 4.79 Å². The molecule has 27 heavy (non-hydrogen) atoms. The highest BCUT2D eigenvalue weighted by Gasteiger charge is 2.24. The van der Waals surface area contributed by atoms with Crippen LogP contribution in [0.4, 0.5) is 5.82 Å². The van der Waals surface area contributed by atoms with Crippen LogP contribution >= 0.6 is 23.4 Å². The second kappa shape index (κ2) is 7.66. The third-order valence-corrected chi connectivity index (χ3v) is 5.43. The molecule has 0 bridgehead atoms. The standard InChI is InChI=1S/C20H18ClN3O2S/c1-13-4-2-7-16(8-13)26-10-19(25)22-20-17-11-27-12-18(17)23-24(20)15-6-3-5-14(21)9-15/h2-9H,10-12H2,1H3,(H,22,25). The Labute approximate surface area is 166 Å². The van der Waals surface area contributed by atoms with Gasteiger partial charge in [-0.2, -0.15) is 16.9 Å². The van der Waals surface area contributed by atoms with Crippen LogP contribution in [0.2, 0.25) is 5.02 Å². The third-order valence-electron chi connectivity index (χ3n) is 4.22. The SMILES string of the molecule is Cc1cccc(OCC(=O)Nc2c3c(nn2-c2cccc(Cl)c2)CSC3)c1. The Morgan fingerprint density at radius 1 is 1.26 bits per heavy atom. The van der Waals surface area contributed by atoms with Gasteiger partial charge in [0.05, 0.1) is 11.4 Å². The fourth-order valence-electron chi connectivity index (χ4n) is 2.96. The summed E-state index contributed by atoms with van der Waals surface area (Å²) in [6.45, 7) is 1.92. The molecular formula is C20H18ClN3O2S. The van der Waals surface area contributed by atoms with E-state index in [0.717, 1.165) is 34.0 Å². The molecule has 1 N–H and O–H groups in total. The Morgan fingerprint density at radius 3 is 2.93 bits per heavy atom. The second-order valence-corrected chi connectivity index (χ2v) is 7.73. The zero-order valence-corrected chi connectivity index (χ0v) is 16.3. The van der Waals surface area contributed by atoms with Gasteiger partial charge in [0.15, 0.2) is 6.61 Å². The van der Waals surface area contributed by atoms with E-state index in [4.69, 9.17) is 16.3 Å². The van der Waals surface area contributed by atoms with Crippen LogP contribution in [0.1, 0.15) is 16.8 Å². The number of anilines is 1. The Balaban J connectivity index is 1.55. The molecule has 0 fully saturated rings. The Morgan fingerprint density at radius 2 is 2.11 bits per heavy atom. The Kier molecular flexibility index (Phi) is 5.09. The second-order valence-electron chi connectivity index (χ2n) is 6.31. The maximum absolute atomic E-state index is 12.5. The summed E-state index contributed by atoms with van der Waals surface area (Å²) in [5.41, 5.74) is 3.96. The van der Waals surface area contributed by atoms with E-state index in [0.29, 0.717) is 16.6 Å². The number of aryl methyl sites for hydroxylation is 1. The van der Waals surface area contributed by atoms with E-state index in [9.17, 15) is 4.79 Å². The molecule has 5 nitrogen and oxygen atoms in total. The first-order valence-electron chi connectivity index (χ1n) is 8.54. The molecule has 0 aliphatic carbocycles. The minimum absolute atomic E-state index is 0.0634. The molecule has 1 aliphatic heterocycles. The van der Waals surface area contributed by atoms with Gasteiger partial charge in [-0.15, -0.1) is 0 Å². The van der Waals surface area contributed by atoms with Crippen molar-refractivity contribution in [1.29, 1.82) is 0 Å². The van der Waals surface area contributed by atoms with E-state index in [-0.39, 0.29) is 12.5 Å². The molecule has 0 unspecified atom stereocenters. The van der Waals surface area contributed by atoms with Gasteiger partial charge in [-0.1, -0.05) is 29.8 Å². The van der Waals surface area contributed by atoms with E-state index >= 15 is 0 Å². The van der Waals surface area contributed by atoms with Gasteiger partial charge in [0.25, 0.3) is 5.91 Å². The van der Waals surface area contributed by atoms with Gasteiger partial charge in [0, 0.05) is 22.1 Å². The van der Waals surface area contributed by atoms with E-state index in [2.05, 4.69) is 10.4 Å². The molecule has 2 heterocycles. The maximum Gasteiger partial charge on any atom is 0.263 e. The summed E-state index contributed by atoms with van der Waals surface area (Å²) >= 11 is 7.91. The number of benzene rings is 2. The average molecular weight is 400 g/mol. The molecule has 0 radical (unpaired) electrons. The molecule has 3 aromatic rings. The van der Waals surface area contributed by atoms with Crippen molar-refractivity contribution >= 4 is 35.1 Å². The van der Waals surface area contributed by atoms with Gasteiger partial charge < -0.3 is 10.1 Å². The number of ether oxygens (including phenoxy) is 1. The number of rotatable bonds is 5. The lowest BCUT2D eigenvalue weighted by Gasteiger charge is -2.12. The number of nitrogens with zero attached hydrogens (tertiary/aromatic N) is 2. The highest BCUT2D eigenvalue weighted by atomic mass is 35.5. The van der Waals surface area contributed by atoms with Gasteiger partial charge in [-0.05, 0) is 42.8 Å². The molecule has 0 atom stereocenters. The largest absolute Gasteiger partial charge is 0.484 e. The first-order valence-corrected chi connectivity index (χ1v) is 10.1. The summed E-state index contributed by atoms with van der Waals surface area (Å²) in [5.74, 6) is 2.80. The molecule has 1 amide bonds. The van der Waals surface area contributed by atoms with Crippen LogP contribution in [0.15, 0.2) is 48.5 Å². The van der Waals surface area contributed by atoms with Crippen LogP contribution in [-0.4, -0.2) is 22.3 Å². The number of amides is 1. The smallest absolute Gasteiger partial charge is 0.263 e. The fourth-order valence-corrected chi connectivity index (χ4v) is 4.18. The number of thioether (sulfide) groups is 1. The minimum atomic E-state index is -0.223. The maximum atomic E-state index is 12.5. The number of hydrogen-bond donors (Lipinski definition) is 1. The quantitative estimate of drug-likeness (QED) is 0.681. The van der Waals surface area contributed by atoms with Crippen molar-refractivity contribution in [1.82, 2.24) is 9.78 Å². The summed E-state index contributed by atoms with van der Waals surface area (Å²) in [6.07, 6.45) is 0. The molecule has 1 aliphatic rings. The summed E-state index contributed by atoms with van der Waals surface area (Å²) in [4.78, 5) is 12.5. The molecule has 0 saturated heterocycles. The lowest BCUT2D eigenvalue weighted by molar-refractivity contribution is -0.118. The first-order chi connectivity index (χ1) is 13.1. The highest BCUT2D eigenvalue weighted by molar-refractivity contribution is 7.98. The molecule has 138 valence electrons. The Hall–Kier alpha value is -2.44. The summed E-state index contributed by atoms with van der Waals surface area (Å²) in [7, 11) is 0. The molecule has 1 aromatic heterocycles. The molecule has 7 heteroatoms. The molecule has 0 spiro atoms. The minimum Gasteiger partial charge on any atom is -0.484 e. The van der Waals surface area contributed by atoms with Crippen LogP contribution < -0.4 is 10.1 Å². The van der Waals surface area contributed by atoms with Gasteiger partial charge in [0.1, 0.15) is 11.6 Å². The highest BCUT2D eigenvalue weighted by Crippen LogP contribution is 2.36. The molecular weight excluding hydrogens is 382 g/mol. The van der Waals surface area contributed by atoms with Crippen molar-refractivity contribution in [2.75, 3.05) is 11.9 Å². The van der Waals surface area contributed by atoms with E-state index < -0.39 is 0 Å². The zero-order chi connectivity index (χ0) is 18.8. The summed E-state index contributed by atoms with van der Waals surface area (Å²) in [6, 6.07) is 15.1. The van der Waals surface area contributed by atoms with Gasteiger partial charge in [0.2, 0.25) is 0 Å². The lowest BCUT2D eigenvalue weighted by Crippen LogP contribution is -2.22. The van der Waals surface area contributed by atoms with Crippen LogP contribution in [0, 0.1) is 6.92 Å². The number of halogens is 1. The van der Waals surface area contributed by atoms with Crippen molar-refractivity contribution in [2.24, 2.45) is 0 Å². The van der Waals surface area contributed by atoms with Crippen molar-refractivity contribution in [3.05, 3.63) is 70.4 Å². The monoisotopic (exact) mass is 399 g/mol. The predicted molar refractivity (Wildman–Crippen MR) is 109 cm³/mol. The van der Waals surface area contributed by atoms with Crippen LogP contribution in [0.25, 0.3) is 5.69 Å². The van der Waals surface area contributed by atoms with Crippen molar-refractivity contribution in [3.8, 4) is 11.4 Å². The van der Waals surface area contributed by atoms with Crippen LogP contribution in [0.3, 0.4) is 0 Å². The predicted octanol–water partition coefficient (Wildman–Crippen LogP) is 4.60. The topological polar surface area (TPSA) is 56.1 Å². The van der Waals surface area contributed by atoms with Gasteiger partial charge in [-0.25, -0.2) is 4.68 Å². The van der Waals surface area contributed by atoms with Crippen molar-refractivity contribution in [3.63, 3.8) is 0 Å². The van der Waals surface area contributed by atoms with Crippen LogP contribution in [0.5, 0.6) is 5.75 Å². The number of carbonyl (C=O) groups excluding carboxylic acids is 1. The molecule has 4 rings (SSSR count). The number of hydrogen-bond acceptors (Lipinski definition) is 4. The first kappa shape index (κ1) is 17.9. The van der Waals surface area contributed by atoms with E-state index in [1.54, 1.807) is 16.4 Å². The summed E-state index contributed by atoms with van der Waals surface area (Å²) < 4.78 is 7.36. The number of carbonyl (C=O) groups is 1. The number of nitrogens with one attached hydrogen (secondary N) is 1. The van der Waals surface area contributed by atoms with Crippen molar-refractivity contribution in [2.45, 2.75) is 18.4 Å². The van der Waals surface area contributed by atoms with Crippen molar-refractivity contribution < 1.29 is 9.53 Å². The van der Waals surface area contributed by atoms with Crippen LogP contribution in [-0.2, 0) is 16.3 Å². The molecule has 0 saturated carbocycles.